The fraction of sp³-hybridized carbons (Fsp3) is 0.700. The fourth-order valence-corrected chi connectivity index (χ4v) is 5.19. The number of carbonyl (C=O) groups excluding carboxylic acids is 2. The smallest absolute Gasteiger partial charge is 0.356 e. The van der Waals surface area contributed by atoms with Crippen molar-refractivity contribution in [3.63, 3.8) is 0 Å². The Morgan fingerprint density at radius 2 is 2.07 bits per heavy atom. The third-order valence-corrected chi connectivity index (χ3v) is 6.06. The van der Waals surface area contributed by atoms with Crippen molar-refractivity contribution in [2.45, 2.75) is 59.0 Å². The number of carbonyl (C=O) groups is 2. The number of nitrogens with one attached hydrogen (secondary N) is 1. The standard InChI is InChI=1S/C20H29N5O4/c1-19(2)7-13(22-12-26)8-20(3,10-19)11-21-18(29)25-6-5-14-15(9-25)24(4)23-16(14)17(27)28/h13H,5-11H2,1-4H3,(H,21,29)(H,27,28). The maximum absolute atomic E-state index is 12.8. The summed E-state index contributed by atoms with van der Waals surface area (Å²) >= 11 is 0. The predicted molar refractivity (Wildman–Crippen MR) is 105 cm³/mol. The van der Waals surface area contributed by atoms with E-state index in [4.69, 9.17) is 0 Å². The number of aliphatic imine (C=N–C) groups is 1. The molecule has 0 bridgehead atoms. The highest BCUT2D eigenvalue weighted by Crippen LogP contribution is 2.46. The SMILES string of the molecule is Cn1nc(C(=O)O)c2c1CN(C(=O)NCC1(C)CC(N=C=O)CC(C)(C)C1)CC2. The molecule has 3 rings (SSSR count). The monoisotopic (exact) mass is 403 g/mol. The van der Waals surface area contributed by atoms with E-state index in [1.165, 1.54) is 0 Å². The van der Waals surface area contributed by atoms with Crippen LogP contribution in [0.15, 0.2) is 4.99 Å². The molecule has 1 aliphatic carbocycles. The molecule has 1 aliphatic heterocycles. The fourth-order valence-electron chi connectivity index (χ4n) is 5.19. The lowest BCUT2D eigenvalue weighted by molar-refractivity contribution is 0.0688. The number of aromatic carboxylic acids is 1. The van der Waals surface area contributed by atoms with Crippen LogP contribution in [0.3, 0.4) is 0 Å². The minimum atomic E-state index is -1.04. The van der Waals surface area contributed by atoms with E-state index >= 15 is 0 Å². The van der Waals surface area contributed by atoms with Gasteiger partial charge in [-0.05, 0) is 36.5 Å². The predicted octanol–water partition coefficient (Wildman–Crippen LogP) is 2.11. The second-order valence-corrected chi connectivity index (χ2v) is 9.47. The maximum atomic E-state index is 12.8. The van der Waals surface area contributed by atoms with Crippen molar-refractivity contribution in [1.29, 1.82) is 0 Å². The lowest BCUT2D eigenvalue weighted by atomic mass is 9.63. The average molecular weight is 403 g/mol. The van der Waals surface area contributed by atoms with Crippen molar-refractivity contribution in [3.05, 3.63) is 17.0 Å². The Hall–Kier alpha value is -2.67. The van der Waals surface area contributed by atoms with Crippen molar-refractivity contribution in [2.24, 2.45) is 22.9 Å². The van der Waals surface area contributed by atoms with E-state index in [-0.39, 0.29) is 28.6 Å². The number of urea groups is 1. The molecule has 0 saturated heterocycles. The van der Waals surface area contributed by atoms with Gasteiger partial charge in [0.2, 0.25) is 6.08 Å². The minimum Gasteiger partial charge on any atom is -0.476 e. The van der Waals surface area contributed by atoms with Crippen LogP contribution in [0.25, 0.3) is 0 Å². The van der Waals surface area contributed by atoms with E-state index in [2.05, 4.69) is 36.2 Å². The second kappa shape index (κ2) is 7.63. The van der Waals surface area contributed by atoms with Crippen LogP contribution < -0.4 is 5.32 Å². The molecule has 9 heteroatoms. The van der Waals surface area contributed by atoms with E-state index in [1.54, 1.807) is 22.7 Å². The molecule has 1 saturated carbocycles. The molecule has 2 N–H and O–H groups in total. The first-order chi connectivity index (χ1) is 13.5. The van der Waals surface area contributed by atoms with Crippen LogP contribution in [-0.2, 0) is 24.8 Å². The molecular weight excluding hydrogens is 374 g/mol. The van der Waals surface area contributed by atoms with Gasteiger partial charge in [0.05, 0.1) is 18.3 Å². The van der Waals surface area contributed by atoms with Gasteiger partial charge in [-0.1, -0.05) is 20.8 Å². The molecule has 158 valence electrons. The van der Waals surface area contributed by atoms with Crippen LogP contribution in [0.5, 0.6) is 0 Å². The van der Waals surface area contributed by atoms with Crippen molar-refractivity contribution >= 4 is 18.1 Å². The van der Waals surface area contributed by atoms with Crippen LogP contribution in [0.4, 0.5) is 4.79 Å². The molecule has 9 nitrogen and oxygen atoms in total. The van der Waals surface area contributed by atoms with Crippen molar-refractivity contribution in [2.75, 3.05) is 13.1 Å². The topological polar surface area (TPSA) is 117 Å². The summed E-state index contributed by atoms with van der Waals surface area (Å²) in [6.07, 6.45) is 4.66. The number of isocyanates is 1. The van der Waals surface area contributed by atoms with Gasteiger partial charge in [0, 0.05) is 25.7 Å². The maximum Gasteiger partial charge on any atom is 0.356 e. The first-order valence-electron chi connectivity index (χ1n) is 9.91. The van der Waals surface area contributed by atoms with E-state index < -0.39 is 5.97 Å². The highest BCUT2D eigenvalue weighted by atomic mass is 16.4. The zero-order valence-electron chi connectivity index (χ0n) is 17.5. The minimum absolute atomic E-state index is 0.0325. The van der Waals surface area contributed by atoms with E-state index in [9.17, 15) is 19.5 Å². The van der Waals surface area contributed by atoms with Crippen LogP contribution in [0.2, 0.25) is 0 Å². The molecule has 0 aromatic carbocycles. The molecule has 2 aliphatic rings. The number of hydrogen-bond acceptors (Lipinski definition) is 5. The number of hydrogen-bond donors (Lipinski definition) is 2. The third kappa shape index (κ3) is 4.50. The number of nitrogens with zero attached hydrogens (tertiary/aromatic N) is 4. The Kier molecular flexibility index (Phi) is 5.54. The third-order valence-electron chi connectivity index (χ3n) is 6.06. The largest absolute Gasteiger partial charge is 0.476 e. The molecule has 2 amide bonds. The summed E-state index contributed by atoms with van der Waals surface area (Å²) in [5.41, 5.74) is 1.41. The number of amides is 2. The van der Waals surface area contributed by atoms with E-state index in [0.717, 1.165) is 25.0 Å². The number of rotatable bonds is 4. The Labute approximate surface area is 170 Å². The molecule has 1 aromatic rings. The zero-order chi connectivity index (χ0) is 21.4. The van der Waals surface area contributed by atoms with Gasteiger partial charge in [0.1, 0.15) is 0 Å². The van der Waals surface area contributed by atoms with Gasteiger partial charge < -0.3 is 15.3 Å². The van der Waals surface area contributed by atoms with E-state index in [0.29, 0.717) is 31.6 Å². The molecule has 2 unspecified atom stereocenters. The van der Waals surface area contributed by atoms with Gasteiger partial charge in [-0.15, -0.1) is 0 Å². The first kappa shape index (κ1) is 21.0. The first-order valence-corrected chi connectivity index (χ1v) is 9.91. The van der Waals surface area contributed by atoms with Crippen molar-refractivity contribution in [3.8, 4) is 0 Å². The van der Waals surface area contributed by atoms with Crippen molar-refractivity contribution in [1.82, 2.24) is 20.0 Å². The number of aryl methyl sites for hydroxylation is 1. The number of carboxylic acid groups (broad SMARTS) is 1. The Balaban J connectivity index is 1.65. The Bertz CT molecular complexity index is 870. The Morgan fingerprint density at radius 1 is 1.34 bits per heavy atom. The van der Waals surface area contributed by atoms with E-state index in [1.807, 2.05) is 0 Å². The molecule has 0 radical (unpaired) electrons. The summed E-state index contributed by atoms with van der Waals surface area (Å²) in [7, 11) is 1.70. The van der Waals surface area contributed by atoms with Crippen molar-refractivity contribution < 1.29 is 19.5 Å². The summed E-state index contributed by atoms with van der Waals surface area (Å²) in [5, 5.41) is 16.4. The van der Waals surface area contributed by atoms with Gasteiger partial charge in [0.15, 0.2) is 5.69 Å². The second-order valence-electron chi connectivity index (χ2n) is 9.47. The van der Waals surface area contributed by atoms with Crippen LogP contribution in [0, 0.1) is 10.8 Å². The van der Waals surface area contributed by atoms with Gasteiger partial charge in [-0.2, -0.15) is 5.10 Å². The summed E-state index contributed by atoms with van der Waals surface area (Å²) < 4.78 is 1.55. The van der Waals surface area contributed by atoms with Crippen LogP contribution in [0.1, 0.15) is 61.8 Å². The summed E-state index contributed by atoms with van der Waals surface area (Å²) in [6, 6.07) is -0.242. The highest BCUT2D eigenvalue weighted by Gasteiger charge is 2.41. The van der Waals surface area contributed by atoms with Crippen LogP contribution in [-0.4, -0.2) is 57.0 Å². The molecule has 1 fully saturated rings. The molecular formula is C20H29N5O4. The normalized spacial score (nSPS) is 25.7. The molecule has 0 spiro atoms. The van der Waals surface area contributed by atoms with Gasteiger partial charge in [-0.3, -0.25) is 4.68 Å². The summed E-state index contributed by atoms with van der Waals surface area (Å²) in [6.45, 7) is 7.72. The zero-order valence-corrected chi connectivity index (χ0v) is 17.5. The molecule has 2 atom stereocenters. The lowest BCUT2D eigenvalue weighted by Crippen LogP contribution is -2.49. The average Bonchev–Trinajstić information content (AvgIpc) is 2.95. The molecule has 29 heavy (non-hydrogen) atoms. The van der Waals surface area contributed by atoms with Gasteiger partial charge in [-0.25, -0.2) is 19.4 Å². The Morgan fingerprint density at radius 3 is 2.72 bits per heavy atom. The molecule has 2 heterocycles. The summed E-state index contributed by atoms with van der Waals surface area (Å²) in [5.74, 6) is -1.04. The quantitative estimate of drug-likeness (QED) is 0.590. The van der Waals surface area contributed by atoms with Crippen LogP contribution >= 0.6 is 0 Å². The van der Waals surface area contributed by atoms with Gasteiger partial charge >= 0.3 is 12.0 Å². The highest BCUT2D eigenvalue weighted by molar-refractivity contribution is 5.87. The lowest BCUT2D eigenvalue weighted by Gasteiger charge is -2.45. The van der Waals surface area contributed by atoms with Gasteiger partial charge in [0.25, 0.3) is 0 Å². The molecule has 1 aromatic heterocycles. The number of fused-ring (bicyclic) bond motifs is 1. The number of aromatic nitrogens is 2. The summed E-state index contributed by atoms with van der Waals surface area (Å²) in [4.78, 5) is 40.5. The number of carboxylic acids is 1.